The molecule has 2 rings (SSSR count). The first-order valence-electron chi connectivity index (χ1n) is 6.09. The average molecular weight is 242 g/mol. The number of aryl methyl sites for hydroxylation is 1. The fourth-order valence-corrected chi connectivity index (χ4v) is 2.31. The van der Waals surface area contributed by atoms with E-state index in [1.54, 1.807) is 7.11 Å². The van der Waals surface area contributed by atoms with Crippen molar-refractivity contribution in [2.24, 2.45) is 0 Å². The first kappa shape index (κ1) is 12.6. The van der Waals surface area contributed by atoms with Crippen molar-refractivity contribution < 1.29 is 9.53 Å². The Kier molecular flexibility index (Phi) is 3.37. The molecule has 2 nitrogen and oxygen atoms in total. The van der Waals surface area contributed by atoms with Gasteiger partial charge in [-0.1, -0.05) is 24.3 Å². The van der Waals surface area contributed by atoms with Crippen molar-refractivity contribution in [3.63, 3.8) is 0 Å². The third-order valence-electron chi connectivity index (χ3n) is 3.63. The molecule has 0 N–H and O–H groups in total. The molecule has 0 heterocycles. The summed E-state index contributed by atoms with van der Waals surface area (Å²) in [5.41, 5.74) is 4.18. The molecule has 0 bridgehead atoms. The summed E-state index contributed by atoms with van der Waals surface area (Å²) in [5, 5.41) is 0. The number of ketones is 1. The molecule has 0 amide bonds. The van der Waals surface area contributed by atoms with E-state index in [-0.39, 0.29) is 11.7 Å². The highest BCUT2D eigenvalue weighted by Crippen LogP contribution is 2.34. The van der Waals surface area contributed by atoms with Crippen LogP contribution in [0.15, 0.2) is 41.7 Å². The zero-order chi connectivity index (χ0) is 13.3. The molecule has 18 heavy (non-hydrogen) atoms. The third kappa shape index (κ3) is 1.99. The van der Waals surface area contributed by atoms with Crippen LogP contribution in [-0.4, -0.2) is 12.9 Å². The summed E-state index contributed by atoms with van der Waals surface area (Å²) in [6.45, 7) is 5.97. The largest absolute Gasteiger partial charge is 0.500 e. The van der Waals surface area contributed by atoms with Crippen molar-refractivity contribution in [1.29, 1.82) is 0 Å². The second-order valence-corrected chi connectivity index (χ2v) is 4.71. The van der Waals surface area contributed by atoms with E-state index in [4.69, 9.17) is 4.74 Å². The number of methoxy groups -OCH3 is 1. The van der Waals surface area contributed by atoms with Gasteiger partial charge in [-0.05, 0) is 49.1 Å². The lowest BCUT2D eigenvalue weighted by Crippen LogP contribution is -2.20. The van der Waals surface area contributed by atoms with Gasteiger partial charge in [0.2, 0.25) is 0 Å². The summed E-state index contributed by atoms with van der Waals surface area (Å²) >= 11 is 0. The minimum Gasteiger partial charge on any atom is -0.500 e. The van der Waals surface area contributed by atoms with E-state index in [1.165, 1.54) is 5.56 Å². The van der Waals surface area contributed by atoms with Crippen LogP contribution >= 0.6 is 0 Å². The van der Waals surface area contributed by atoms with Crippen LogP contribution in [-0.2, 0) is 9.53 Å². The smallest absolute Gasteiger partial charge is 0.173 e. The van der Waals surface area contributed by atoms with Gasteiger partial charge in [0, 0.05) is 0 Å². The van der Waals surface area contributed by atoms with Gasteiger partial charge in [0.05, 0.1) is 7.11 Å². The van der Waals surface area contributed by atoms with Crippen LogP contribution in [0.25, 0.3) is 0 Å². The van der Waals surface area contributed by atoms with Crippen LogP contribution in [0.2, 0.25) is 0 Å². The van der Waals surface area contributed by atoms with E-state index in [2.05, 4.69) is 19.9 Å². The summed E-state index contributed by atoms with van der Waals surface area (Å²) in [6.07, 6.45) is 3.71. The van der Waals surface area contributed by atoms with Crippen LogP contribution in [0.4, 0.5) is 0 Å². The monoisotopic (exact) mass is 242 g/mol. The summed E-state index contributed by atoms with van der Waals surface area (Å²) in [7, 11) is 1.62. The Hall–Kier alpha value is -1.83. The Bertz CT molecular complexity index is 550. The lowest BCUT2D eigenvalue weighted by molar-refractivity contribution is -0.117. The number of allylic oxidation sites excluding steroid dienone is 4. The van der Waals surface area contributed by atoms with Crippen molar-refractivity contribution in [3.05, 3.63) is 58.4 Å². The number of benzene rings is 1. The Morgan fingerprint density at radius 1 is 1.11 bits per heavy atom. The number of rotatable bonds is 2. The Morgan fingerprint density at radius 2 is 1.83 bits per heavy atom. The van der Waals surface area contributed by atoms with Crippen LogP contribution in [0, 0.1) is 13.8 Å². The zero-order valence-electron chi connectivity index (χ0n) is 11.3. The van der Waals surface area contributed by atoms with E-state index in [0.717, 1.165) is 22.5 Å². The number of carbonyl (C=O) groups excluding carboxylic acids is 1. The molecule has 2 heteroatoms. The lowest BCUT2D eigenvalue weighted by Gasteiger charge is -2.24. The molecular weight excluding hydrogens is 224 g/mol. The van der Waals surface area contributed by atoms with E-state index >= 15 is 0 Å². The fraction of sp³-hybridized carbons (Fsp3) is 0.312. The van der Waals surface area contributed by atoms with Crippen molar-refractivity contribution in [2.45, 2.75) is 26.7 Å². The molecule has 0 spiro atoms. The van der Waals surface area contributed by atoms with E-state index in [0.29, 0.717) is 0 Å². The molecule has 1 aromatic carbocycles. The van der Waals surface area contributed by atoms with Gasteiger partial charge in [0.1, 0.15) is 11.7 Å². The summed E-state index contributed by atoms with van der Waals surface area (Å²) in [4.78, 5) is 12.4. The minimum atomic E-state index is -0.292. The molecule has 0 saturated carbocycles. The standard InChI is InChI=1S/C16H18O2/c1-10-6-5-7-13(12(10)3)15-14(18-4)9-8-11(2)16(15)17/h5-9,15H,1-4H3/t15-/m0/s1. The van der Waals surface area contributed by atoms with E-state index in [9.17, 15) is 4.79 Å². The maximum atomic E-state index is 12.4. The van der Waals surface area contributed by atoms with Crippen molar-refractivity contribution in [2.75, 3.05) is 7.11 Å². The van der Waals surface area contributed by atoms with Crippen molar-refractivity contribution in [1.82, 2.24) is 0 Å². The summed E-state index contributed by atoms with van der Waals surface area (Å²) in [5.74, 6) is 0.558. The van der Waals surface area contributed by atoms with Gasteiger partial charge < -0.3 is 4.74 Å². The van der Waals surface area contributed by atoms with Gasteiger partial charge in [0.15, 0.2) is 5.78 Å². The second kappa shape index (κ2) is 4.81. The van der Waals surface area contributed by atoms with Crippen molar-refractivity contribution in [3.8, 4) is 0 Å². The van der Waals surface area contributed by atoms with Crippen LogP contribution in [0.1, 0.15) is 29.5 Å². The van der Waals surface area contributed by atoms with E-state index in [1.807, 2.05) is 31.2 Å². The quantitative estimate of drug-likeness (QED) is 0.794. The molecule has 1 aliphatic carbocycles. The third-order valence-corrected chi connectivity index (χ3v) is 3.63. The van der Waals surface area contributed by atoms with E-state index < -0.39 is 0 Å². The Morgan fingerprint density at radius 3 is 2.50 bits per heavy atom. The molecule has 0 radical (unpaired) electrons. The van der Waals surface area contributed by atoms with Gasteiger partial charge in [-0.15, -0.1) is 0 Å². The molecule has 0 saturated heterocycles. The number of ether oxygens (including phenoxy) is 1. The lowest BCUT2D eigenvalue weighted by atomic mass is 9.83. The van der Waals surface area contributed by atoms with Crippen LogP contribution in [0.5, 0.6) is 0 Å². The second-order valence-electron chi connectivity index (χ2n) is 4.71. The minimum absolute atomic E-state index is 0.128. The van der Waals surface area contributed by atoms with Crippen LogP contribution in [0.3, 0.4) is 0 Å². The molecule has 0 unspecified atom stereocenters. The highest BCUT2D eigenvalue weighted by Gasteiger charge is 2.30. The highest BCUT2D eigenvalue weighted by atomic mass is 16.5. The number of hydrogen-bond donors (Lipinski definition) is 0. The Labute approximate surface area is 108 Å². The first-order valence-corrected chi connectivity index (χ1v) is 6.09. The normalized spacial score (nSPS) is 19.3. The molecule has 1 aliphatic rings. The zero-order valence-corrected chi connectivity index (χ0v) is 11.3. The summed E-state index contributed by atoms with van der Waals surface area (Å²) in [6, 6.07) is 6.06. The van der Waals surface area contributed by atoms with Crippen LogP contribution < -0.4 is 0 Å². The Balaban J connectivity index is 2.55. The molecule has 1 aromatic rings. The highest BCUT2D eigenvalue weighted by molar-refractivity contribution is 6.03. The predicted octanol–water partition coefficient (Wildman–Crippen LogP) is 3.45. The van der Waals surface area contributed by atoms with Gasteiger partial charge >= 0.3 is 0 Å². The summed E-state index contributed by atoms with van der Waals surface area (Å²) < 4.78 is 5.37. The predicted molar refractivity (Wildman–Crippen MR) is 72.5 cm³/mol. The molecule has 1 atom stereocenters. The molecule has 94 valence electrons. The molecular formula is C16H18O2. The van der Waals surface area contributed by atoms with Gasteiger partial charge in [-0.25, -0.2) is 0 Å². The average Bonchev–Trinajstić information content (AvgIpc) is 2.36. The molecule has 0 aromatic heterocycles. The van der Waals surface area contributed by atoms with Crippen molar-refractivity contribution >= 4 is 5.78 Å². The fourth-order valence-electron chi connectivity index (χ4n) is 2.31. The maximum Gasteiger partial charge on any atom is 0.173 e. The number of Topliss-reactive ketones (excluding diaryl/α,β-unsaturated/α-hetero) is 1. The topological polar surface area (TPSA) is 26.3 Å². The first-order chi connectivity index (χ1) is 8.56. The van der Waals surface area contributed by atoms with Gasteiger partial charge in [-0.2, -0.15) is 0 Å². The number of carbonyl (C=O) groups is 1. The number of hydrogen-bond acceptors (Lipinski definition) is 2. The molecule has 0 aliphatic heterocycles. The molecule has 0 fully saturated rings. The maximum absolute atomic E-state index is 12.4. The van der Waals surface area contributed by atoms with Gasteiger partial charge in [0.25, 0.3) is 0 Å². The van der Waals surface area contributed by atoms with Gasteiger partial charge in [-0.3, -0.25) is 4.79 Å². The SMILES string of the molecule is COC1=CC=C(C)C(=O)[C@H]1c1cccc(C)c1C.